The van der Waals surface area contributed by atoms with Crippen molar-refractivity contribution in [3.05, 3.63) is 24.3 Å². The van der Waals surface area contributed by atoms with E-state index >= 15 is 0 Å². The molecule has 0 aromatic heterocycles. The minimum absolute atomic E-state index is 0.351. The summed E-state index contributed by atoms with van der Waals surface area (Å²) in [4.78, 5) is 5.36. The molecule has 2 atom stereocenters. The van der Waals surface area contributed by atoms with Gasteiger partial charge in [0.05, 0.1) is 16.6 Å². The molecule has 0 amide bonds. The molecule has 1 aromatic rings. The molecule has 0 saturated carbocycles. The quantitative estimate of drug-likeness (QED) is 0.397. The van der Waals surface area contributed by atoms with Gasteiger partial charge in [-0.15, -0.1) is 23.3 Å². The largest absolute Gasteiger partial charge is 0.249 e. The maximum absolute atomic E-state index is 6.54. The number of para-hydroxylation sites is 1. The van der Waals surface area contributed by atoms with E-state index < -0.39 is 12.7 Å². The van der Waals surface area contributed by atoms with Crippen molar-refractivity contribution in [3.8, 4) is 0 Å². The molecule has 0 bridgehead atoms. The second-order valence-corrected chi connectivity index (χ2v) is 10.8. The third kappa shape index (κ3) is 2.29. The first-order chi connectivity index (χ1) is 8.43. The molecule has 1 aromatic carbocycles. The number of hydrogen-bond donors (Lipinski definition) is 1. The van der Waals surface area contributed by atoms with Gasteiger partial charge in [-0.2, -0.15) is 0 Å². The molecular formula is C12H14Cl3NS2. The Morgan fingerprint density at radius 1 is 1.39 bits per heavy atom. The summed E-state index contributed by atoms with van der Waals surface area (Å²) in [6, 6.07) is 7.78. The number of halogens is 3. The van der Waals surface area contributed by atoms with Crippen molar-refractivity contribution in [2.45, 2.75) is 33.7 Å². The summed E-state index contributed by atoms with van der Waals surface area (Å²) in [5, 5.41) is -0.351. The number of benzene rings is 1. The van der Waals surface area contributed by atoms with Gasteiger partial charge in [0, 0.05) is 4.90 Å². The molecule has 0 radical (unpaired) electrons. The molecule has 0 saturated heterocycles. The normalized spacial score (nSPS) is 27.6. The fraction of sp³-hybridized carbons (Fsp3) is 0.417. The average molecular weight is 343 g/mol. The van der Waals surface area contributed by atoms with Crippen molar-refractivity contribution >= 4 is 66.8 Å². The zero-order valence-electron chi connectivity index (χ0n) is 9.81. The standard InChI is InChI=1S/C12H14Cl3NS2/c1-2-5-11(13)12(14,15)18(17)8-16-9-6-3-4-7-10(9)18/h3-4,6-8,11,17H,2,5H2,1H3. The van der Waals surface area contributed by atoms with Crippen LogP contribution in [0.15, 0.2) is 34.2 Å². The SMILES string of the molecule is CCCC(Cl)C(Cl)(Cl)S1(S)C=Nc2ccccc21. The molecule has 0 N–H and O–H groups in total. The van der Waals surface area contributed by atoms with Crippen LogP contribution in [0.4, 0.5) is 5.69 Å². The van der Waals surface area contributed by atoms with E-state index in [4.69, 9.17) is 46.5 Å². The van der Waals surface area contributed by atoms with Gasteiger partial charge in [-0.3, -0.25) is 0 Å². The van der Waals surface area contributed by atoms with Crippen LogP contribution in [0.25, 0.3) is 0 Å². The maximum Gasteiger partial charge on any atom is 0.180 e. The topological polar surface area (TPSA) is 12.4 Å². The van der Waals surface area contributed by atoms with Crippen LogP contribution in [0.2, 0.25) is 0 Å². The number of fused-ring (bicyclic) bond motifs is 1. The highest BCUT2D eigenvalue weighted by molar-refractivity contribution is 8.94. The van der Waals surface area contributed by atoms with Gasteiger partial charge in [0.2, 0.25) is 0 Å². The van der Waals surface area contributed by atoms with Crippen molar-refractivity contribution in [2.75, 3.05) is 0 Å². The Balaban J connectivity index is 2.42. The lowest BCUT2D eigenvalue weighted by Gasteiger charge is -2.42. The number of aliphatic imine (C=N–C) groups is 1. The summed E-state index contributed by atoms with van der Waals surface area (Å²) >= 11 is 24.2. The van der Waals surface area contributed by atoms with Crippen LogP contribution in [0.5, 0.6) is 0 Å². The molecule has 18 heavy (non-hydrogen) atoms. The molecule has 100 valence electrons. The Bertz CT molecular complexity index is 478. The number of alkyl halides is 3. The fourth-order valence-corrected chi connectivity index (χ4v) is 6.67. The van der Waals surface area contributed by atoms with E-state index in [9.17, 15) is 0 Å². The first-order valence-corrected chi connectivity index (χ1v) is 9.58. The predicted octanol–water partition coefficient (Wildman–Crippen LogP) is 5.91. The predicted molar refractivity (Wildman–Crippen MR) is 88.4 cm³/mol. The number of rotatable bonds is 4. The van der Waals surface area contributed by atoms with Gasteiger partial charge in [-0.25, -0.2) is 4.99 Å². The second kappa shape index (κ2) is 5.45. The lowest BCUT2D eigenvalue weighted by molar-refractivity contribution is 0.745. The van der Waals surface area contributed by atoms with Crippen molar-refractivity contribution < 1.29 is 0 Å². The molecule has 1 heterocycles. The average Bonchev–Trinajstić information content (AvgIpc) is 2.70. The molecule has 1 aliphatic heterocycles. The molecule has 2 unspecified atom stereocenters. The zero-order chi connectivity index (χ0) is 13.4. The van der Waals surface area contributed by atoms with Crippen molar-refractivity contribution in [3.63, 3.8) is 0 Å². The van der Waals surface area contributed by atoms with Gasteiger partial charge in [0.1, 0.15) is 0 Å². The van der Waals surface area contributed by atoms with Crippen molar-refractivity contribution in [1.82, 2.24) is 0 Å². The molecule has 0 aliphatic carbocycles. The smallest absolute Gasteiger partial charge is 0.180 e. The van der Waals surface area contributed by atoms with E-state index in [2.05, 4.69) is 11.9 Å². The highest BCUT2D eigenvalue weighted by Gasteiger charge is 2.50. The van der Waals surface area contributed by atoms with Gasteiger partial charge in [0.15, 0.2) is 3.67 Å². The molecule has 1 aliphatic rings. The van der Waals surface area contributed by atoms with Crippen LogP contribution >= 0.6 is 55.5 Å². The summed E-state index contributed by atoms with van der Waals surface area (Å²) in [6.07, 6.45) is 1.68. The van der Waals surface area contributed by atoms with Gasteiger partial charge >= 0.3 is 0 Å². The first-order valence-electron chi connectivity index (χ1n) is 5.64. The molecule has 2 rings (SSSR count). The molecular weight excluding hydrogens is 329 g/mol. The molecule has 0 spiro atoms. The fourth-order valence-electron chi connectivity index (χ4n) is 1.85. The Morgan fingerprint density at radius 2 is 2.06 bits per heavy atom. The van der Waals surface area contributed by atoms with Crippen LogP contribution < -0.4 is 0 Å². The van der Waals surface area contributed by atoms with Crippen LogP contribution in [0.3, 0.4) is 0 Å². The summed E-state index contributed by atoms with van der Waals surface area (Å²) < 4.78 is -1.12. The van der Waals surface area contributed by atoms with E-state index in [0.717, 1.165) is 23.4 Å². The summed E-state index contributed by atoms with van der Waals surface area (Å²) in [5.74, 6) is 0. The Labute approximate surface area is 129 Å². The Kier molecular flexibility index (Phi) is 4.50. The minimum atomic E-state index is -1.86. The summed E-state index contributed by atoms with van der Waals surface area (Å²) in [6.45, 7) is 2.05. The van der Waals surface area contributed by atoms with Gasteiger partial charge in [-0.05, 0) is 18.6 Å². The lowest BCUT2D eigenvalue weighted by Crippen LogP contribution is -2.30. The number of hydrogen-bond acceptors (Lipinski definition) is 2. The van der Waals surface area contributed by atoms with Gasteiger partial charge in [-0.1, -0.05) is 57.7 Å². The zero-order valence-corrected chi connectivity index (χ0v) is 13.8. The monoisotopic (exact) mass is 341 g/mol. The maximum atomic E-state index is 6.54. The van der Waals surface area contributed by atoms with Crippen molar-refractivity contribution in [2.24, 2.45) is 4.99 Å². The Hall–Kier alpha value is 0.460. The van der Waals surface area contributed by atoms with E-state index in [-0.39, 0.29) is 5.38 Å². The van der Waals surface area contributed by atoms with E-state index in [1.54, 1.807) is 5.55 Å². The number of thiol groups is 1. The van der Waals surface area contributed by atoms with E-state index in [1.807, 2.05) is 24.3 Å². The van der Waals surface area contributed by atoms with E-state index in [1.165, 1.54) is 0 Å². The van der Waals surface area contributed by atoms with Gasteiger partial charge in [0.25, 0.3) is 0 Å². The Morgan fingerprint density at radius 3 is 2.72 bits per heavy atom. The minimum Gasteiger partial charge on any atom is -0.249 e. The highest BCUT2D eigenvalue weighted by Crippen LogP contribution is 2.76. The van der Waals surface area contributed by atoms with Crippen LogP contribution in [-0.4, -0.2) is 14.6 Å². The van der Waals surface area contributed by atoms with E-state index in [0.29, 0.717) is 0 Å². The lowest BCUT2D eigenvalue weighted by atomic mass is 10.3. The number of nitrogens with zero attached hydrogens (tertiary/aromatic N) is 1. The summed E-state index contributed by atoms with van der Waals surface area (Å²) in [7, 11) is -1.86. The molecule has 6 heteroatoms. The second-order valence-electron chi connectivity index (χ2n) is 4.15. The van der Waals surface area contributed by atoms with Crippen LogP contribution in [0.1, 0.15) is 19.8 Å². The van der Waals surface area contributed by atoms with Crippen LogP contribution in [-0.2, 0) is 0 Å². The first kappa shape index (κ1) is 14.9. The third-order valence-corrected chi connectivity index (χ3v) is 10.7. The van der Waals surface area contributed by atoms with Crippen molar-refractivity contribution in [1.29, 1.82) is 0 Å². The van der Waals surface area contributed by atoms with Crippen LogP contribution in [0, 0.1) is 0 Å². The summed E-state index contributed by atoms with van der Waals surface area (Å²) in [5.41, 5.74) is 2.65. The third-order valence-electron chi connectivity index (χ3n) is 2.87. The molecule has 0 fully saturated rings. The molecule has 1 nitrogen and oxygen atoms in total. The van der Waals surface area contributed by atoms with Gasteiger partial charge < -0.3 is 0 Å². The highest BCUT2D eigenvalue weighted by atomic mass is 35.5.